The fraction of sp³-hybridized carbons (Fsp3) is 0.300. The van der Waals surface area contributed by atoms with Crippen molar-refractivity contribution in [3.8, 4) is 0 Å². The molecule has 0 saturated carbocycles. The van der Waals surface area contributed by atoms with E-state index in [2.05, 4.69) is 15.4 Å². The van der Waals surface area contributed by atoms with Crippen LogP contribution < -0.4 is 5.32 Å². The number of rotatable bonds is 3. The largest absolute Gasteiger partial charge is 0.339 e. The van der Waals surface area contributed by atoms with Gasteiger partial charge < -0.3 is 10.2 Å². The molecule has 0 bridgehead atoms. The summed E-state index contributed by atoms with van der Waals surface area (Å²) in [4.78, 5) is 31.1. The number of nitrogens with one attached hydrogen (secondary N) is 1. The van der Waals surface area contributed by atoms with Crippen LogP contribution in [0.15, 0.2) is 36.5 Å². The number of hydrogen-bond acceptors (Lipinski definition) is 4. The lowest BCUT2D eigenvalue weighted by Gasteiger charge is -2.15. The van der Waals surface area contributed by atoms with Gasteiger partial charge in [-0.1, -0.05) is 0 Å². The fourth-order valence-electron chi connectivity index (χ4n) is 3.43. The molecule has 1 aliphatic rings. The summed E-state index contributed by atoms with van der Waals surface area (Å²) >= 11 is 0. The first-order chi connectivity index (χ1) is 13.0. The Morgan fingerprint density at radius 3 is 2.48 bits per heavy atom. The predicted octanol–water partition coefficient (Wildman–Crippen LogP) is 2.77. The van der Waals surface area contributed by atoms with Crippen LogP contribution >= 0.6 is 0 Å². The normalized spacial score (nSPS) is 13.9. The number of aromatic nitrogens is 3. The molecule has 0 atom stereocenters. The molecule has 2 amide bonds. The van der Waals surface area contributed by atoms with E-state index < -0.39 is 0 Å². The summed E-state index contributed by atoms with van der Waals surface area (Å²) < 4.78 is 1.70. The Morgan fingerprint density at radius 2 is 1.78 bits per heavy atom. The average molecular weight is 363 g/mol. The highest BCUT2D eigenvalue weighted by Crippen LogP contribution is 2.19. The maximum Gasteiger partial charge on any atom is 0.257 e. The Balaban J connectivity index is 1.49. The van der Waals surface area contributed by atoms with E-state index in [0.29, 0.717) is 16.8 Å². The molecule has 3 aromatic rings. The summed E-state index contributed by atoms with van der Waals surface area (Å²) in [6.07, 6.45) is 3.67. The number of carbonyl (C=O) groups is 2. The zero-order chi connectivity index (χ0) is 19.0. The topological polar surface area (TPSA) is 80.1 Å². The Morgan fingerprint density at radius 1 is 1.07 bits per heavy atom. The number of nitrogens with zero attached hydrogens (tertiary/aromatic N) is 4. The van der Waals surface area contributed by atoms with Gasteiger partial charge in [-0.3, -0.25) is 14.3 Å². The van der Waals surface area contributed by atoms with E-state index in [1.807, 2.05) is 18.9 Å². The Kier molecular flexibility index (Phi) is 4.35. The van der Waals surface area contributed by atoms with Crippen LogP contribution in [0.1, 0.15) is 39.3 Å². The van der Waals surface area contributed by atoms with E-state index in [0.717, 1.165) is 42.7 Å². The standard InChI is InChI=1S/C20H21N5O2/c1-13-17-11-15(12-21-18(17)24(2)23-13)19(26)22-16-7-5-14(6-8-16)20(27)25-9-3-4-10-25/h5-8,11-12H,3-4,9-10H2,1-2H3,(H,22,26). The quantitative estimate of drug-likeness (QED) is 0.776. The molecule has 3 heterocycles. The number of likely N-dealkylation sites (tertiary alicyclic amines) is 1. The van der Waals surface area contributed by atoms with Gasteiger partial charge in [0, 0.05) is 43.0 Å². The number of amides is 2. The Bertz CT molecular complexity index is 1020. The van der Waals surface area contributed by atoms with Gasteiger partial charge in [0.1, 0.15) is 0 Å². The lowest BCUT2D eigenvalue weighted by molar-refractivity contribution is 0.0792. The van der Waals surface area contributed by atoms with Crippen LogP contribution in [0, 0.1) is 6.92 Å². The zero-order valence-electron chi connectivity index (χ0n) is 15.4. The van der Waals surface area contributed by atoms with E-state index in [1.165, 1.54) is 0 Å². The predicted molar refractivity (Wildman–Crippen MR) is 103 cm³/mol. The average Bonchev–Trinajstić information content (AvgIpc) is 3.30. The molecule has 1 fully saturated rings. The number of fused-ring (bicyclic) bond motifs is 1. The second-order valence-electron chi connectivity index (χ2n) is 6.83. The number of anilines is 1. The minimum Gasteiger partial charge on any atom is -0.339 e. The summed E-state index contributed by atoms with van der Waals surface area (Å²) in [6.45, 7) is 3.53. The van der Waals surface area contributed by atoms with E-state index in [4.69, 9.17) is 0 Å². The van der Waals surface area contributed by atoms with E-state index in [9.17, 15) is 9.59 Å². The van der Waals surface area contributed by atoms with Gasteiger partial charge in [-0.15, -0.1) is 0 Å². The van der Waals surface area contributed by atoms with Gasteiger partial charge >= 0.3 is 0 Å². The summed E-state index contributed by atoms with van der Waals surface area (Å²) in [5.41, 5.74) is 3.33. The van der Waals surface area contributed by atoms with Crippen molar-refractivity contribution in [3.63, 3.8) is 0 Å². The van der Waals surface area contributed by atoms with Gasteiger partial charge in [0.25, 0.3) is 11.8 Å². The van der Waals surface area contributed by atoms with Crippen LogP contribution in [0.2, 0.25) is 0 Å². The van der Waals surface area contributed by atoms with Gasteiger partial charge in [-0.25, -0.2) is 4.98 Å². The molecule has 0 radical (unpaired) electrons. The number of pyridine rings is 1. The van der Waals surface area contributed by atoms with Crippen LogP contribution in [-0.4, -0.2) is 44.6 Å². The molecule has 7 nitrogen and oxygen atoms in total. The molecular formula is C20H21N5O2. The van der Waals surface area contributed by atoms with Crippen LogP contribution in [0.3, 0.4) is 0 Å². The summed E-state index contributed by atoms with van der Waals surface area (Å²) in [5.74, 6) is -0.196. The summed E-state index contributed by atoms with van der Waals surface area (Å²) in [6, 6.07) is 8.81. The third kappa shape index (κ3) is 3.28. The molecule has 1 aliphatic heterocycles. The van der Waals surface area contributed by atoms with E-state index >= 15 is 0 Å². The van der Waals surface area contributed by atoms with Gasteiger partial charge in [-0.05, 0) is 50.1 Å². The minimum absolute atomic E-state index is 0.0482. The van der Waals surface area contributed by atoms with E-state index in [-0.39, 0.29) is 11.8 Å². The number of aryl methyl sites for hydroxylation is 2. The SMILES string of the molecule is Cc1nn(C)c2ncc(C(=O)Nc3ccc(C(=O)N4CCCC4)cc3)cc12. The lowest BCUT2D eigenvalue weighted by atomic mass is 10.1. The molecule has 0 spiro atoms. The van der Waals surface area contributed by atoms with Crippen LogP contribution in [-0.2, 0) is 7.05 Å². The molecule has 1 aromatic carbocycles. The smallest absolute Gasteiger partial charge is 0.257 e. The highest BCUT2D eigenvalue weighted by atomic mass is 16.2. The molecule has 4 rings (SSSR count). The molecular weight excluding hydrogens is 342 g/mol. The number of hydrogen-bond donors (Lipinski definition) is 1. The monoisotopic (exact) mass is 363 g/mol. The van der Waals surface area contributed by atoms with Gasteiger partial charge in [0.15, 0.2) is 5.65 Å². The molecule has 2 aromatic heterocycles. The Labute approximate surface area is 157 Å². The molecule has 0 aliphatic carbocycles. The highest BCUT2D eigenvalue weighted by molar-refractivity contribution is 6.06. The Hall–Kier alpha value is -3.22. The lowest BCUT2D eigenvalue weighted by Crippen LogP contribution is -2.27. The summed E-state index contributed by atoms with van der Waals surface area (Å²) in [7, 11) is 1.83. The molecule has 1 N–H and O–H groups in total. The number of benzene rings is 1. The molecule has 1 saturated heterocycles. The summed E-state index contributed by atoms with van der Waals surface area (Å²) in [5, 5.41) is 8.03. The molecule has 7 heteroatoms. The number of carbonyl (C=O) groups excluding carboxylic acids is 2. The fourth-order valence-corrected chi connectivity index (χ4v) is 3.43. The van der Waals surface area contributed by atoms with Crippen molar-refractivity contribution in [1.29, 1.82) is 0 Å². The van der Waals surface area contributed by atoms with Crippen LogP contribution in [0.4, 0.5) is 5.69 Å². The molecule has 27 heavy (non-hydrogen) atoms. The van der Waals surface area contributed by atoms with Crippen molar-refractivity contribution in [1.82, 2.24) is 19.7 Å². The maximum atomic E-state index is 12.6. The van der Waals surface area contributed by atoms with E-state index in [1.54, 1.807) is 41.2 Å². The first kappa shape index (κ1) is 17.2. The van der Waals surface area contributed by atoms with Crippen molar-refractivity contribution in [2.24, 2.45) is 7.05 Å². The van der Waals surface area contributed by atoms with Crippen molar-refractivity contribution in [2.45, 2.75) is 19.8 Å². The third-order valence-corrected chi connectivity index (χ3v) is 4.91. The van der Waals surface area contributed by atoms with Gasteiger partial charge in [0.2, 0.25) is 0 Å². The third-order valence-electron chi connectivity index (χ3n) is 4.91. The highest BCUT2D eigenvalue weighted by Gasteiger charge is 2.19. The van der Waals surface area contributed by atoms with Crippen molar-refractivity contribution in [2.75, 3.05) is 18.4 Å². The maximum absolute atomic E-state index is 12.6. The van der Waals surface area contributed by atoms with Crippen LogP contribution in [0.25, 0.3) is 11.0 Å². The minimum atomic E-state index is -0.244. The van der Waals surface area contributed by atoms with Gasteiger partial charge in [0.05, 0.1) is 11.3 Å². The van der Waals surface area contributed by atoms with Crippen molar-refractivity contribution < 1.29 is 9.59 Å². The first-order valence-electron chi connectivity index (χ1n) is 9.03. The van der Waals surface area contributed by atoms with Gasteiger partial charge in [-0.2, -0.15) is 5.10 Å². The van der Waals surface area contributed by atoms with Crippen LogP contribution in [0.5, 0.6) is 0 Å². The second kappa shape index (κ2) is 6.83. The second-order valence-corrected chi connectivity index (χ2v) is 6.83. The molecule has 0 unspecified atom stereocenters. The zero-order valence-corrected chi connectivity index (χ0v) is 15.4. The molecule has 138 valence electrons. The van der Waals surface area contributed by atoms with Crippen molar-refractivity contribution in [3.05, 3.63) is 53.3 Å². The van der Waals surface area contributed by atoms with Crippen molar-refractivity contribution >= 4 is 28.5 Å². The first-order valence-corrected chi connectivity index (χ1v) is 9.03.